The summed E-state index contributed by atoms with van der Waals surface area (Å²) in [4.78, 5) is 2.20. The Morgan fingerprint density at radius 1 is 1.15 bits per heavy atom. The SMILES string of the molecule is COc1cccc(C(CN)N(C)c2ccc(C)cc2)c1. The van der Waals surface area contributed by atoms with Crippen LogP contribution in [0.15, 0.2) is 48.5 Å². The van der Waals surface area contributed by atoms with Gasteiger partial charge in [-0.1, -0.05) is 29.8 Å². The molecule has 0 fully saturated rings. The summed E-state index contributed by atoms with van der Waals surface area (Å²) in [7, 11) is 3.75. The molecule has 0 amide bonds. The predicted octanol–water partition coefficient (Wildman–Crippen LogP) is 3.14. The molecular weight excluding hydrogens is 248 g/mol. The van der Waals surface area contributed by atoms with Gasteiger partial charge in [0, 0.05) is 19.3 Å². The lowest BCUT2D eigenvalue weighted by Gasteiger charge is -2.29. The zero-order valence-electron chi connectivity index (χ0n) is 12.3. The zero-order valence-corrected chi connectivity index (χ0v) is 12.3. The van der Waals surface area contributed by atoms with Crippen LogP contribution in [0.1, 0.15) is 17.2 Å². The van der Waals surface area contributed by atoms with Crippen molar-refractivity contribution in [2.45, 2.75) is 13.0 Å². The van der Waals surface area contributed by atoms with Gasteiger partial charge in [0.1, 0.15) is 5.75 Å². The number of nitrogens with zero attached hydrogens (tertiary/aromatic N) is 1. The molecule has 3 heteroatoms. The van der Waals surface area contributed by atoms with E-state index in [4.69, 9.17) is 10.5 Å². The number of hydrogen-bond acceptors (Lipinski definition) is 3. The maximum Gasteiger partial charge on any atom is 0.119 e. The number of ether oxygens (including phenoxy) is 1. The van der Waals surface area contributed by atoms with Crippen molar-refractivity contribution >= 4 is 5.69 Å². The Morgan fingerprint density at radius 3 is 2.45 bits per heavy atom. The molecule has 20 heavy (non-hydrogen) atoms. The molecule has 0 aromatic heterocycles. The molecule has 0 saturated carbocycles. The van der Waals surface area contributed by atoms with E-state index in [9.17, 15) is 0 Å². The average molecular weight is 270 g/mol. The maximum absolute atomic E-state index is 5.98. The molecule has 106 valence electrons. The second kappa shape index (κ2) is 6.44. The van der Waals surface area contributed by atoms with Crippen LogP contribution in [0, 0.1) is 6.92 Å². The summed E-state index contributed by atoms with van der Waals surface area (Å²) in [6.45, 7) is 2.64. The molecular formula is C17H22N2O. The number of aryl methyl sites for hydroxylation is 1. The fourth-order valence-corrected chi connectivity index (χ4v) is 2.33. The molecule has 2 N–H and O–H groups in total. The Morgan fingerprint density at radius 2 is 1.85 bits per heavy atom. The fraction of sp³-hybridized carbons (Fsp3) is 0.294. The molecule has 0 aliphatic carbocycles. The Kier molecular flexibility index (Phi) is 4.64. The lowest BCUT2D eigenvalue weighted by molar-refractivity contribution is 0.413. The summed E-state index contributed by atoms with van der Waals surface area (Å²) < 4.78 is 5.29. The average Bonchev–Trinajstić information content (AvgIpc) is 2.49. The highest BCUT2D eigenvalue weighted by molar-refractivity contribution is 5.49. The van der Waals surface area contributed by atoms with Crippen molar-refractivity contribution in [2.24, 2.45) is 5.73 Å². The van der Waals surface area contributed by atoms with Gasteiger partial charge >= 0.3 is 0 Å². The molecule has 1 unspecified atom stereocenters. The first-order valence-corrected chi connectivity index (χ1v) is 6.79. The second-order valence-corrected chi connectivity index (χ2v) is 4.97. The summed E-state index contributed by atoms with van der Waals surface area (Å²) in [6, 6.07) is 16.7. The topological polar surface area (TPSA) is 38.5 Å². The van der Waals surface area contributed by atoms with E-state index in [0.717, 1.165) is 17.0 Å². The summed E-state index contributed by atoms with van der Waals surface area (Å²) in [5, 5.41) is 0. The highest BCUT2D eigenvalue weighted by atomic mass is 16.5. The molecule has 0 heterocycles. The molecule has 0 radical (unpaired) electrons. The van der Waals surface area contributed by atoms with Crippen molar-refractivity contribution < 1.29 is 4.74 Å². The summed E-state index contributed by atoms with van der Waals surface area (Å²) >= 11 is 0. The standard InChI is InChI=1S/C17H22N2O/c1-13-7-9-15(10-8-13)19(2)17(12-18)14-5-4-6-16(11-14)20-3/h4-11,17H,12,18H2,1-3H3. The van der Waals surface area contributed by atoms with E-state index in [2.05, 4.69) is 49.2 Å². The van der Waals surface area contributed by atoms with Crippen LogP contribution >= 0.6 is 0 Å². The fourth-order valence-electron chi connectivity index (χ4n) is 2.33. The second-order valence-electron chi connectivity index (χ2n) is 4.97. The number of hydrogen-bond donors (Lipinski definition) is 1. The lowest BCUT2D eigenvalue weighted by atomic mass is 10.0. The van der Waals surface area contributed by atoms with Crippen LogP contribution in [0.3, 0.4) is 0 Å². The maximum atomic E-state index is 5.98. The molecule has 2 aromatic rings. The van der Waals surface area contributed by atoms with Crippen LogP contribution in [0.4, 0.5) is 5.69 Å². The normalized spacial score (nSPS) is 12.0. The smallest absolute Gasteiger partial charge is 0.119 e. The summed E-state index contributed by atoms with van der Waals surface area (Å²) in [6.07, 6.45) is 0. The van der Waals surface area contributed by atoms with E-state index < -0.39 is 0 Å². The first-order chi connectivity index (χ1) is 9.65. The van der Waals surface area contributed by atoms with E-state index in [0.29, 0.717) is 6.54 Å². The number of rotatable bonds is 5. The van der Waals surface area contributed by atoms with Crippen LogP contribution in [0.25, 0.3) is 0 Å². The van der Waals surface area contributed by atoms with E-state index in [1.165, 1.54) is 5.56 Å². The third kappa shape index (κ3) is 3.11. The molecule has 0 aliphatic heterocycles. The van der Waals surface area contributed by atoms with Crippen molar-refractivity contribution in [3.05, 3.63) is 59.7 Å². The van der Waals surface area contributed by atoms with E-state index in [1.54, 1.807) is 7.11 Å². The van der Waals surface area contributed by atoms with Gasteiger partial charge in [0.15, 0.2) is 0 Å². The summed E-state index contributed by atoms with van der Waals surface area (Å²) in [5.74, 6) is 0.859. The molecule has 3 nitrogen and oxygen atoms in total. The molecule has 1 atom stereocenters. The van der Waals surface area contributed by atoms with Crippen LogP contribution in [-0.4, -0.2) is 20.7 Å². The quantitative estimate of drug-likeness (QED) is 0.907. The van der Waals surface area contributed by atoms with E-state index >= 15 is 0 Å². The van der Waals surface area contributed by atoms with Gasteiger partial charge in [0.05, 0.1) is 13.2 Å². The van der Waals surface area contributed by atoms with E-state index in [1.807, 2.05) is 18.2 Å². The van der Waals surface area contributed by atoms with Gasteiger partial charge in [0.2, 0.25) is 0 Å². The third-order valence-corrected chi connectivity index (χ3v) is 3.61. The van der Waals surface area contributed by atoms with Crippen LogP contribution in [0.2, 0.25) is 0 Å². The zero-order chi connectivity index (χ0) is 14.5. The van der Waals surface area contributed by atoms with Crippen molar-refractivity contribution in [3.63, 3.8) is 0 Å². The third-order valence-electron chi connectivity index (χ3n) is 3.61. The van der Waals surface area contributed by atoms with Crippen LogP contribution in [0.5, 0.6) is 5.75 Å². The molecule has 0 saturated heterocycles. The minimum atomic E-state index is 0.132. The van der Waals surface area contributed by atoms with Gasteiger partial charge in [-0.3, -0.25) is 0 Å². The van der Waals surface area contributed by atoms with Crippen LogP contribution in [-0.2, 0) is 0 Å². The minimum Gasteiger partial charge on any atom is -0.497 e. The molecule has 2 aromatic carbocycles. The molecule has 0 spiro atoms. The van der Waals surface area contributed by atoms with Crippen molar-refractivity contribution in [3.8, 4) is 5.75 Å². The minimum absolute atomic E-state index is 0.132. The number of methoxy groups -OCH3 is 1. The lowest BCUT2D eigenvalue weighted by Crippen LogP contribution is -2.30. The van der Waals surface area contributed by atoms with Gasteiger partial charge < -0.3 is 15.4 Å². The van der Waals surface area contributed by atoms with Gasteiger partial charge in [-0.15, -0.1) is 0 Å². The first kappa shape index (κ1) is 14.4. The van der Waals surface area contributed by atoms with Gasteiger partial charge in [-0.05, 0) is 36.8 Å². The highest BCUT2D eigenvalue weighted by Crippen LogP contribution is 2.27. The van der Waals surface area contributed by atoms with Crippen molar-refractivity contribution in [2.75, 3.05) is 25.6 Å². The molecule has 0 aliphatic rings. The van der Waals surface area contributed by atoms with Gasteiger partial charge in [-0.25, -0.2) is 0 Å². The Labute approximate surface area is 121 Å². The highest BCUT2D eigenvalue weighted by Gasteiger charge is 2.16. The monoisotopic (exact) mass is 270 g/mol. The molecule has 2 rings (SSSR count). The van der Waals surface area contributed by atoms with Crippen molar-refractivity contribution in [1.29, 1.82) is 0 Å². The van der Waals surface area contributed by atoms with Crippen molar-refractivity contribution in [1.82, 2.24) is 0 Å². The number of benzene rings is 2. The predicted molar refractivity (Wildman–Crippen MR) is 84.4 cm³/mol. The van der Waals surface area contributed by atoms with Gasteiger partial charge in [-0.2, -0.15) is 0 Å². The largest absolute Gasteiger partial charge is 0.497 e. The van der Waals surface area contributed by atoms with Crippen LogP contribution < -0.4 is 15.4 Å². The van der Waals surface area contributed by atoms with E-state index in [-0.39, 0.29) is 6.04 Å². The Bertz CT molecular complexity index is 551. The van der Waals surface area contributed by atoms with Gasteiger partial charge in [0.25, 0.3) is 0 Å². The number of anilines is 1. The Hall–Kier alpha value is -2.00. The Balaban J connectivity index is 2.28. The molecule has 0 bridgehead atoms. The number of likely N-dealkylation sites (N-methyl/N-ethyl adjacent to an activating group) is 1. The number of nitrogens with two attached hydrogens (primary N) is 1. The summed E-state index contributed by atoms with van der Waals surface area (Å²) in [5.41, 5.74) is 9.56. The first-order valence-electron chi connectivity index (χ1n) is 6.79.